The molecule has 0 bridgehead atoms. The van der Waals surface area contributed by atoms with Crippen LogP contribution in [0.1, 0.15) is 0 Å². The quantitative estimate of drug-likeness (QED) is 0.757. The Morgan fingerprint density at radius 3 is 2.88 bits per heavy atom. The van der Waals surface area contributed by atoms with Gasteiger partial charge in [0.1, 0.15) is 5.03 Å². The molecular weight excluding hydrogens is 356 g/mol. The van der Waals surface area contributed by atoms with Gasteiger partial charge in [-0.25, -0.2) is 9.97 Å². The summed E-state index contributed by atoms with van der Waals surface area (Å²) >= 11 is 1.26. The molecule has 2 aromatic heterocycles. The lowest BCUT2D eigenvalue weighted by molar-refractivity contribution is -0.114. The van der Waals surface area contributed by atoms with Crippen molar-refractivity contribution in [3.8, 4) is 5.88 Å². The van der Waals surface area contributed by atoms with Gasteiger partial charge in [-0.1, -0.05) is 0 Å². The fraction of sp³-hybridized carbons (Fsp3) is 0.438. The summed E-state index contributed by atoms with van der Waals surface area (Å²) in [5.41, 5.74) is 5.88. The highest BCUT2D eigenvalue weighted by molar-refractivity contribution is 7.99. The number of carbonyl (C=O) groups is 1. The molecule has 10 heteroatoms. The van der Waals surface area contributed by atoms with E-state index in [2.05, 4.69) is 32.1 Å². The standard InChI is InChI=1S/C16H22N6O3S/c1-21-4-6-22(7-5-21)14-15(24-2)20-13(10-18-14)26-16-11(3-8-25-16)19-12(23)9-17/h3,8,10H,4-7,9,17H2,1-2H3,(H,19,23). The van der Waals surface area contributed by atoms with E-state index in [0.29, 0.717) is 21.7 Å². The van der Waals surface area contributed by atoms with Crippen molar-refractivity contribution in [1.29, 1.82) is 0 Å². The molecule has 3 rings (SSSR count). The first-order valence-corrected chi connectivity index (χ1v) is 9.02. The zero-order chi connectivity index (χ0) is 18.5. The highest BCUT2D eigenvalue weighted by atomic mass is 32.2. The van der Waals surface area contributed by atoms with E-state index in [1.54, 1.807) is 19.4 Å². The fourth-order valence-electron chi connectivity index (χ4n) is 2.54. The Morgan fingerprint density at radius 1 is 1.42 bits per heavy atom. The Hall–Kier alpha value is -2.30. The number of hydrogen-bond donors (Lipinski definition) is 2. The van der Waals surface area contributed by atoms with E-state index in [1.165, 1.54) is 18.0 Å². The van der Waals surface area contributed by atoms with Crippen molar-refractivity contribution in [3.05, 3.63) is 18.5 Å². The van der Waals surface area contributed by atoms with Crippen LogP contribution in [0.2, 0.25) is 0 Å². The summed E-state index contributed by atoms with van der Waals surface area (Å²) in [7, 11) is 3.68. The number of aromatic nitrogens is 2. The molecule has 0 atom stereocenters. The van der Waals surface area contributed by atoms with Gasteiger partial charge in [0.05, 0.1) is 31.8 Å². The monoisotopic (exact) mass is 378 g/mol. The van der Waals surface area contributed by atoms with Crippen molar-refractivity contribution in [2.45, 2.75) is 10.1 Å². The van der Waals surface area contributed by atoms with Crippen molar-refractivity contribution < 1.29 is 13.9 Å². The number of rotatable bonds is 6. The van der Waals surface area contributed by atoms with Crippen LogP contribution >= 0.6 is 11.8 Å². The maximum absolute atomic E-state index is 11.5. The number of nitrogens with zero attached hydrogens (tertiary/aromatic N) is 4. The Kier molecular flexibility index (Phi) is 5.96. The molecule has 0 unspecified atom stereocenters. The number of amides is 1. The molecular formula is C16H22N6O3S. The Morgan fingerprint density at radius 2 is 2.19 bits per heavy atom. The van der Waals surface area contributed by atoms with Crippen molar-refractivity contribution in [2.75, 3.05) is 57.1 Å². The number of ether oxygens (including phenoxy) is 1. The summed E-state index contributed by atoms with van der Waals surface area (Å²) in [5, 5.41) is 3.80. The first-order valence-electron chi connectivity index (χ1n) is 8.20. The Bertz CT molecular complexity index is 760. The second-order valence-corrected chi connectivity index (χ2v) is 6.80. The lowest BCUT2D eigenvalue weighted by atomic mass is 10.3. The molecule has 1 aliphatic rings. The third kappa shape index (κ3) is 4.26. The molecule has 0 saturated carbocycles. The molecule has 0 spiro atoms. The van der Waals surface area contributed by atoms with E-state index >= 15 is 0 Å². The highest BCUT2D eigenvalue weighted by Gasteiger charge is 2.21. The van der Waals surface area contributed by atoms with Crippen LogP contribution in [-0.4, -0.2) is 67.7 Å². The molecule has 3 heterocycles. The molecule has 1 fully saturated rings. The van der Waals surface area contributed by atoms with Crippen molar-refractivity contribution in [3.63, 3.8) is 0 Å². The molecule has 140 valence electrons. The third-order valence-electron chi connectivity index (χ3n) is 3.98. The lowest BCUT2D eigenvalue weighted by Crippen LogP contribution is -2.45. The molecule has 9 nitrogen and oxygen atoms in total. The molecule has 0 aliphatic carbocycles. The largest absolute Gasteiger partial charge is 0.478 e. The fourth-order valence-corrected chi connectivity index (χ4v) is 3.29. The summed E-state index contributed by atoms with van der Waals surface area (Å²) in [6, 6.07) is 1.67. The summed E-state index contributed by atoms with van der Waals surface area (Å²) in [6.45, 7) is 3.60. The van der Waals surface area contributed by atoms with Gasteiger partial charge in [-0.2, -0.15) is 0 Å². The van der Waals surface area contributed by atoms with E-state index in [0.717, 1.165) is 32.0 Å². The predicted molar refractivity (Wildman–Crippen MR) is 98.8 cm³/mol. The van der Waals surface area contributed by atoms with Gasteiger partial charge >= 0.3 is 0 Å². The molecule has 1 amide bonds. The van der Waals surface area contributed by atoms with E-state index in [-0.39, 0.29) is 12.5 Å². The van der Waals surface area contributed by atoms with E-state index in [9.17, 15) is 4.79 Å². The number of carbonyl (C=O) groups excluding carboxylic acids is 1. The second-order valence-electron chi connectivity index (χ2n) is 5.81. The minimum absolute atomic E-state index is 0.0946. The smallest absolute Gasteiger partial charge is 0.258 e. The second kappa shape index (κ2) is 8.39. The van der Waals surface area contributed by atoms with E-state index in [4.69, 9.17) is 14.9 Å². The first-order chi connectivity index (χ1) is 12.6. The van der Waals surface area contributed by atoms with Gasteiger partial charge in [-0.05, 0) is 18.8 Å². The zero-order valence-corrected chi connectivity index (χ0v) is 15.6. The van der Waals surface area contributed by atoms with Gasteiger partial charge in [0.25, 0.3) is 5.88 Å². The van der Waals surface area contributed by atoms with Crippen LogP contribution in [0.3, 0.4) is 0 Å². The van der Waals surface area contributed by atoms with E-state index in [1.807, 2.05) is 0 Å². The number of anilines is 2. The maximum atomic E-state index is 11.5. The Balaban J connectivity index is 1.76. The summed E-state index contributed by atoms with van der Waals surface area (Å²) < 4.78 is 10.9. The minimum Gasteiger partial charge on any atom is -0.478 e. The number of hydrogen-bond acceptors (Lipinski definition) is 9. The third-order valence-corrected chi connectivity index (χ3v) is 4.89. The number of likely N-dealkylation sites (N-methyl/N-ethyl adjacent to an activating group) is 1. The van der Waals surface area contributed by atoms with Crippen LogP contribution in [0.25, 0.3) is 0 Å². The molecule has 0 radical (unpaired) electrons. The topological polar surface area (TPSA) is 110 Å². The van der Waals surface area contributed by atoms with Crippen molar-refractivity contribution in [2.24, 2.45) is 5.73 Å². The van der Waals surface area contributed by atoms with Crippen LogP contribution in [0.15, 0.2) is 33.1 Å². The van der Waals surface area contributed by atoms with Crippen LogP contribution in [0.4, 0.5) is 11.5 Å². The normalized spacial score (nSPS) is 15.1. The zero-order valence-electron chi connectivity index (χ0n) is 14.8. The van der Waals surface area contributed by atoms with Crippen LogP contribution in [-0.2, 0) is 4.79 Å². The number of nitrogens with one attached hydrogen (secondary N) is 1. The molecule has 3 N–H and O–H groups in total. The summed E-state index contributed by atoms with van der Waals surface area (Å²) in [6.07, 6.45) is 3.18. The maximum Gasteiger partial charge on any atom is 0.258 e. The van der Waals surface area contributed by atoms with Gasteiger partial charge in [0.2, 0.25) is 5.91 Å². The number of methoxy groups -OCH3 is 1. The van der Waals surface area contributed by atoms with E-state index < -0.39 is 0 Å². The molecule has 1 saturated heterocycles. The first kappa shape index (κ1) is 18.5. The minimum atomic E-state index is -0.290. The summed E-state index contributed by atoms with van der Waals surface area (Å²) in [4.78, 5) is 25.0. The van der Waals surface area contributed by atoms with Gasteiger partial charge in [-0.15, -0.1) is 0 Å². The van der Waals surface area contributed by atoms with Crippen LogP contribution in [0, 0.1) is 0 Å². The van der Waals surface area contributed by atoms with Gasteiger partial charge in [-0.3, -0.25) is 4.79 Å². The number of furan rings is 1. The van der Waals surface area contributed by atoms with Gasteiger partial charge in [0, 0.05) is 32.2 Å². The highest BCUT2D eigenvalue weighted by Crippen LogP contribution is 2.35. The van der Waals surface area contributed by atoms with Crippen LogP contribution < -0.4 is 20.7 Å². The number of nitrogens with two attached hydrogens (primary N) is 1. The van der Waals surface area contributed by atoms with Crippen molar-refractivity contribution in [1.82, 2.24) is 14.9 Å². The SMILES string of the molecule is COc1nc(Sc2occc2NC(=O)CN)cnc1N1CCN(C)CC1. The molecule has 26 heavy (non-hydrogen) atoms. The summed E-state index contributed by atoms with van der Waals surface area (Å²) in [5.74, 6) is 0.919. The van der Waals surface area contributed by atoms with Crippen LogP contribution in [0.5, 0.6) is 5.88 Å². The Labute approximate surface area is 155 Å². The lowest BCUT2D eigenvalue weighted by Gasteiger charge is -2.33. The molecule has 0 aromatic carbocycles. The molecule has 2 aromatic rings. The van der Waals surface area contributed by atoms with Gasteiger partial charge < -0.3 is 30.0 Å². The average Bonchev–Trinajstić information content (AvgIpc) is 3.09. The van der Waals surface area contributed by atoms with Crippen molar-refractivity contribution >= 4 is 29.2 Å². The molecule has 1 aliphatic heterocycles. The predicted octanol–water partition coefficient (Wildman–Crippen LogP) is 0.878. The average molecular weight is 378 g/mol. The number of piperazine rings is 1. The van der Waals surface area contributed by atoms with Gasteiger partial charge in [0.15, 0.2) is 10.9 Å².